The molecule has 0 spiro atoms. The van der Waals surface area contributed by atoms with E-state index in [1.165, 1.54) is 57.8 Å². The van der Waals surface area contributed by atoms with Crippen molar-refractivity contribution in [2.75, 3.05) is 0 Å². The van der Waals surface area contributed by atoms with E-state index in [2.05, 4.69) is 6.92 Å². The number of hydrogen-bond donors (Lipinski definition) is 0. The number of halogens is 3. The average Bonchev–Trinajstić information content (AvgIpc) is 2.80. The van der Waals surface area contributed by atoms with E-state index in [1.54, 1.807) is 0 Å². The van der Waals surface area contributed by atoms with Gasteiger partial charge in [-0.05, 0) is 92.8 Å². The Morgan fingerprint density at radius 3 is 2.03 bits per heavy atom. The van der Waals surface area contributed by atoms with Crippen LogP contribution in [0.4, 0.5) is 13.2 Å². The maximum atomic E-state index is 14.9. The topological polar surface area (TPSA) is 0 Å². The van der Waals surface area contributed by atoms with Gasteiger partial charge >= 0.3 is 0 Å². The van der Waals surface area contributed by atoms with E-state index in [4.69, 9.17) is 0 Å². The van der Waals surface area contributed by atoms with Crippen molar-refractivity contribution in [2.45, 2.75) is 135 Å². The van der Waals surface area contributed by atoms with Crippen LogP contribution >= 0.6 is 0 Å². The fraction of sp³-hybridized carbons (Fsp3) is 1.00. The van der Waals surface area contributed by atoms with Crippen LogP contribution in [-0.2, 0) is 0 Å². The molecule has 0 heterocycles. The molecular weight excluding hydrogens is 393 g/mol. The highest BCUT2D eigenvalue weighted by Gasteiger charge is 2.43. The fourth-order valence-corrected chi connectivity index (χ4v) is 7.93. The zero-order valence-electron chi connectivity index (χ0n) is 19.9. The highest BCUT2D eigenvalue weighted by molar-refractivity contribution is 4.92. The molecule has 0 aromatic rings. The second-order valence-corrected chi connectivity index (χ2v) is 12.1. The second-order valence-electron chi connectivity index (χ2n) is 12.1. The molecule has 180 valence electrons. The lowest BCUT2D eigenvalue weighted by molar-refractivity contribution is -0.0118. The Hall–Kier alpha value is -0.210. The predicted octanol–water partition coefficient (Wildman–Crippen LogP) is 9.02. The molecule has 0 N–H and O–H groups in total. The van der Waals surface area contributed by atoms with Gasteiger partial charge in [0.2, 0.25) is 0 Å². The van der Waals surface area contributed by atoms with Gasteiger partial charge in [0, 0.05) is 0 Å². The first kappa shape index (κ1) is 23.9. The van der Waals surface area contributed by atoms with Crippen molar-refractivity contribution in [1.29, 1.82) is 0 Å². The number of hydrogen-bond acceptors (Lipinski definition) is 0. The van der Waals surface area contributed by atoms with Gasteiger partial charge < -0.3 is 0 Å². The highest BCUT2D eigenvalue weighted by Crippen LogP contribution is 2.45. The molecule has 3 heteroatoms. The molecule has 0 radical (unpaired) electrons. The minimum Gasteiger partial charge on any atom is -0.247 e. The molecule has 0 aromatic carbocycles. The molecule has 4 rings (SSSR count). The Balaban J connectivity index is 1.14. The van der Waals surface area contributed by atoms with Gasteiger partial charge in [-0.15, -0.1) is 0 Å². The molecule has 6 unspecified atom stereocenters. The van der Waals surface area contributed by atoms with Crippen molar-refractivity contribution in [3.63, 3.8) is 0 Å². The molecule has 4 aliphatic carbocycles. The van der Waals surface area contributed by atoms with Crippen LogP contribution < -0.4 is 0 Å². The van der Waals surface area contributed by atoms with Crippen LogP contribution in [0.5, 0.6) is 0 Å². The molecule has 4 saturated carbocycles. The maximum Gasteiger partial charge on any atom is 0.134 e. The molecule has 0 amide bonds. The zero-order valence-corrected chi connectivity index (χ0v) is 19.9. The summed E-state index contributed by atoms with van der Waals surface area (Å²) in [7, 11) is 0. The quantitative estimate of drug-likeness (QED) is 0.386. The van der Waals surface area contributed by atoms with Crippen LogP contribution in [-0.4, -0.2) is 18.5 Å². The van der Waals surface area contributed by atoms with Crippen molar-refractivity contribution in [2.24, 2.45) is 41.4 Å². The van der Waals surface area contributed by atoms with Crippen molar-refractivity contribution >= 4 is 0 Å². The van der Waals surface area contributed by atoms with E-state index >= 15 is 0 Å². The van der Waals surface area contributed by atoms with Gasteiger partial charge in [-0.3, -0.25) is 0 Å². The first-order valence-corrected chi connectivity index (χ1v) is 13.9. The standard InChI is InChI=1S/C28H47F3/c1-19-10-13-24(18-26(19)29)21-14-11-20(12-15-21)6-5-9-23-16-17-25(28(31)27(23)30)22-7-3-2-4-8-22/h19-28H,2-18H2,1H3/t19?,20?,21?,23?,24?,25?,26?,27-,28?/m0/s1. The van der Waals surface area contributed by atoms with Crippen LogP contribution in [0.2, 0.25) is 0 Å². The van der Waals surface area contributed by atoms with Crippen molar-refractivity contribution in [3.05, 3.63) is 0 Å². The SMILES string of the molecule is CC1CCC(C2CCC(CCCC3CCC(C4CCCCC4)C(F)[C@H]3F)CC2)CC1F. The van der Waals surface area contributed by atoms with E-state index in [1.807, 2.05) is 0 Å². The Labute approximate surface area is 189 Å². The molecule has 0 bridgehead atoms. The first-order valence-electron chi connectivity index (χ1n) is 13.9. The van der Waals surface area contributed by atoms with Crippen LogP contribution in [0.25, 0.3) is 0 Å². The minimum atomic E-state index is -1.22. The van der Waals surface area contributed by atoms with Gasteiger partial charge in [-0.25, -0.2) is 13.2 Å². The Morgan fingerprint density at radius 1 is 0.613 bits per heavy atom. The van der Waals surface area contributed by atoms with Gasteiger partial charge in [0.25, 0.3) is 0 Å². The van der Waals surface area contributed by atoms with Gasteiger partial charge in [-0.2, -0.15) is 0 Å². The van der Waals surface area contributed by atoms with E-state index in [-0.39, 0.29) is 17.8 Å². The summed E-state index contributed by atoms with van der Waals surface area (Å²) in [4.78, 5) is 0. The average molecular weight is 441 g/mol. The van der Waals surface area contributed by atoms with Gasteiger partial charge in [0.1, 0.15) is 18.5 Å². The molecular formula is C28H47F3. The number of alkyl halides is 3. The minimum absolute atomic E-state index is 0.00600. The molecule has 0 nitrogen and oxygen atoms in total. The molecule has 4 fully saturated rings. The van der Waals surface area contributed by atoms with Crippen LogP contribution in [0, 0.1) is 41.4 Å². The summed E-state index contributed by atoms with van der Waals surface area (Å²) in [5, 5.41) is 0. The van der Waals surface area contributed by atoms with E-state index in [9.17, 15) is 13.2 Å². The lowest BCUT2D eigenvalue weighted by atomic mass is 9.67. The second kappa shape index (κ2) is 11.3. The fourth-order valence-electron chi connectivity index (χ4n) is 7.93. The van der Waals surface area contributed by atoms with E-state index in [0.717, 1.165) is 63.2 Å². The smallest absolute Gasteiger partial charge is 0.134 e. The Morgan fingerprint density at radius 2 is 1.32 bits per heavy atom. The lowest BCUT2D eigenvalue weighted by Gasteiger charge is -2.40. The van der Waals surface area contributed by atoms with Crippen LogP contribution in [0.3, 0.4) is 0 Å². The van der Waals surface area contributed by atoms with Gasteiger partial charge in [0.05, 0.1) is 0 Å². The molecule has 0 saturated heterocycles. The number of rotatable bonds is 6. The zero-order chi connectivity index (χ0) is 21.8. The molecule has 31 heavy (non-hydrogen) atoms. The third kappa shape index (κ3) is 6.03. The molecule has 4 aliphatic rings. The highest BCUT2D eigenvalue weighted by atomic mass is 19.2. The summed E-state index contributed by atoms with van der Waals surface area (Å²) in [6, 6.07) is 0. The van der Waals surface area contributed by atoms with Crippen LogP contribution in [0.15, 0.2) is 0 Å². The molecule has 7 atom stereocenters. The van der Waals surface area contributed by atoms with Gasteiger partial charge in [-0.1, -0.05) is 64.7 Å². The normalized spacial score (nSPS) is 45.5. The Bertz CT molecular complexity index is 522. The summed E-state index contributed by atoms with van der Waals surface area (Å²) in [5.74, 6) is 2.76. The first-order chi connectivity index (χ1) is 15.0. The van der Waals surface area contributed by atoms with Crippen molar-refractivity contribution in [3.8, 4) is 0 Å². The lowest BCUT2D eigenvalue weighted by Crippen LogP contribution is -2.41. The summed E-state index contributed by atoms with van der Waals surface area (Å²) < 4.78 is 44.0. The van der Waals surface area contributed by atoms with E-state index < -0.39 is 18.5 Å². The van der Waals surface area contributed by atoms with Crippen molar-refractivity contribution < 1.29 is 13.2 Å². The van der Waals surface area contributed by atoms with E-state index in [0.29, 0.717) is 11.8 Å². The molecule has 0 aromatic heterocycles. The molecule has 0 aliphatic heterocycles. The monoisotopic (exact) mass is 440 g/mol. The Kier molecular flexibility index (Phi) is 8.71. The predicted molar refractivity (Wildman–Crippen MR) is 123 cm³/mol. The maximum absolute atomic E-state index is 14.9. The van der Waals surface area contributed by atoms with Crippen LogP contribution in [0.1, 0.15) is 116 Å². The summed E-state index contributed by atoms with van der Waals surface area (Å²) in [5.41, 5.74) is 0. The van der Waals surface area contributed by atoms with Crippen molar-refractivity contribution in [1.82, 2.24) is 0 Å². The van der Waals surface area contributed by atoms with Gasteiger partial charge in [0.15, 0.2) is 0 Å². The summed E-state index contributed by atoms with van der Waals surface area (Å²) in [6.45, 7) is 2.06. The summed E-state index contributed by atoms with van der Waals surface area (Å²) in [6.07, 6.45) is 16.0. The third-order valence-electron chi connectivity index (χ3n) is 10.2. The third-order valence-corrected chi connectivity index (χ3v) is 10.2. The summed E-state index contributed by atoms with van der Waals surface area (Å²) >= 11 is 0. The largest absolute Gasteiger partial charge is 0.247 e.